The zero-order valence-electron chi connectivity index (χ0n) is 24.1. The van der Waals surface area contributed by atoms with Gasteiger partial charge in [0.05, 0.1) is 33.0 Å². The van der Waals surface area contributed by atoms with E-state index in [0.717, 1.165) is 25.0 Å². The molecule has 0 unspecified atom stereocenters. The summed E-state index contributed by atoms with van der Waals surface area (Å²) in [7, 11) is 3.12. The van der Waals surface area contributed by atoms with E-state index in [4.69, 9.17) is 14.2 Å². The van der Waals surface area contributed by atoms with Crippen molar-refractivity contribution in [3.05, 3.63) is 48.0 Å². The van der Waals surface area contributed by atoms with E-state index in [0.29, 0.717) is 48.9 Å². The number of rotatable bonds is 12. The maximum Gasteiger partial charge on any atom is 0.248 e. The van der Waals surface area contributed by atoms with E-state index >= 15 is 0 Å². The molecule has 3 aromatic rings. The van der Waals surface area contributed by atoms with E-state index in [9.17, 15) is 9.59 Å². The third-order valence-electron chi connectivity index (χ3n) is 7.43. The van der Waals surface area contributed by atoms with Crippen LogP contribution >= 0.6 is 0 Å². The second-order valence-corrected chi connectivity index (χ2v) is 10.5. The van der Waals surface area contributed by atoms with Crippen LogP contribution in [-0.4, -0.2) is 95.8 Å². The van der Waals surface area contributed by atoms with Gasteiger partial charge in [-0.15, -0.1) is 5.10 Å². The summed E-state index contributed by atoms with van der Waals surface area (Å²) in [4.78, 5) is 32.1. The standard InChI is InChI=1S/C29H40N6O5/c1-6-29(2,3)30-28(37)27(22-12-11-21(38-4)19-25(22)39-5)34(14-13-33-15-17-40-18-16-33)26(36)20-35-24-10-8-7-9-23(24)31-32-35/h7-12,19,27H,6,13-18,20H2,1-5H3,(H,30,37)/t27-/m0/s1. The summed E-state index contributed by atoms with van der Waals surface area (Å²) < 4.78 is 18.2. The summed E-state index contributed by atoms with van der Waals surface area (Å²) in [6.07, 6.45) is 0.720. The zero-order valence-corrected chi connectivity index (χ0v) is 24.1. The molecule has 1 N–H and O–H groups in total. The molecule has 0 aliphatic carbocycles. The Kier molecular flexibility index (Phi) is 9.59. The van der Waals surface area contributed by atoms with Crippen LogP contribution in [-0.2, 0) is 20.9 Å². The van der Waals surface area contributed by atoms with Gasteiger partial charge in [0.1, 0.15) is 29.6 Å². The fraction of sp³-hybridized carbons (Fsp3) is 0.517. The number of benzene rings is 2. The van der Waals surface area contributed by atoms with Crippen LogP contribution in [0, 0.1) is 0 Å². The average molecular weight is 553 g/mol. The molecule has 11 nitrogen and oxygen atoms in total. The molecule has 1 saturated heterocycles. The molecule has 1 atom stereocenters. The Morgan fingerprint density at radius 1 is 1.12 bits per heavy atom. The van der Waals surface area contributed by atoms with Crippen molar-refractivity contribution in [2.75, 3.05) is 53.6 Å². The maximum atomic E-state index is 14.2. The van der Waals surface area contributed by atoms with Gasteiger partial charge in [0.15, 0.2) is 0 Å². The number of ether oxygens (including phenoxy) is 3. The van der Waals surface area contributed by atoms with Crippen LogP contribution in [0.4, 0.5) is 0 Å². The summed E-state index contributed by atoms with van der Waals surface area (Å²) in [5.41, 5.74) is 1.55. The Labute approximate surface area is 235 Å². The van der Waals surface area contributed by atoms with E-state index in [1.165, 1.54) is 0 Å². The first-order valence-corrected chi connectivity index (χ1v) is 13.7. The summed E-state index contributed by atoms with van der Waals surface area (Å²) in [5.74, 6) is 0.517. The molecule has 0 radical (unpaired) electrons. The molecule has 1 aliphatic heterocycles. The molecule has 1 aromatic heterocycles. The largest absolute Gasteiger partial charge is 0.497 e. The lowest BCUT2D eigenvalue weighted by Crippen LogP contribution is -2.52. The number of methoxy groups -OCH3 is 2. The van der Waals surface area contributed by atoms with E-state index in [-0.39, 0.29) is 18.4 Å². The van der Waals surface area contributed by atoms with Crippen LogP contribution in [0.15, 0.2) is 42.5 Å². The molecule has 2 aromatic carbocycles. The first kappa shape index (κ1) is 29.3. The van der Waals surface area contributed by atoms with E-state index in [1.54, 1.807) is 42.0 Å². The first-order chi connectivity index (χ1) is 19.3. The first-order valence-electron chi connectivity index (χ1n) is 13.7. The minimum Gasteiger partial charge on any atom is -0.497 e. The van der Waals surface area contributed by atoms with Crippen LogP contribution < -0.4 is 14.8 Å². The van der Waals surface area contributed by atoms with Gasteiger partial charge in [-0.05, 0) is 44.5 Å². The summed E-state index contributed by atoms with van der Waals surface area (Å²) in [6, 6.07) is 11.8. The number of fused-ring (bicyclic) bond motifs is 1. The second kappa shape index (κ2) is 13.1. The highest BCUT2D eigenvalue weighted by Crippen LogP contribution is 2.34. The molecule has 4 rings (SSSR count). The van der Waals surface area contributed by atoms with Gasteiger partial charge in [-0.2, -0.15) is 0 Å². The van der Waals surface area contributed by atoms with Crippen LogP contribution in [0.5, 0.6) is 11.5 Å². The topological polar surface area (TPSA) is 111 Å². The number of para-hydroxylation sites is 1. The predicted molar refractivity (Wildman–Crippen MR) is 151 cm³/mol. The number of hydrogen-bond donors (Lipinski definition) is 1. The van der Waals surface area contributed by atoms with Gasteiger partial charge in [0.25, 0.3) is 0 Å². The fourth-order valence-electron chi connectivity index (χ4n) is 4.71. The molecule has 2 heterocycles. The smallest absolute Gasteiger partial charge is 0.248 e. The number of nitrogens with zero attached hydrogens (tertiary/aromatic N) is 5. The maximum absolute atomic E-state index is 14.2. The van der Waals surface area contributed by atoms with E-state index in [2.05, 4.69) is 20.5 Å². The van der Waals surface area contributed by atoms with Crippen molar-refractivity contribution in [3.63, 3.8) is 0 Å². The Balaban J connectivity index is 1.75. The number of nitrogens with one attached hydrogen (secondary N) is 1. The normalized spacial score (nSPS) is 15.0. The number of amides is 2. The zero-order chi connectivity index (χ0) is 28.7. The Morgan fingerprint density at radius 3 is 2.58 bits per heavy atom. The number of aromatic nitrogens is 3. The quantitative estimate of drug-likeness (QED) is 0.365. The fourth-order valence-corrected chi connectivity index (χ4v) is 4.71. The van der Waals surface area contributed by atoms with Crippen LogP contribution in [0.25, 0.3) is 11.0 Å². The minimum absolute atomic E-state index is 0.0664. The molecule has 40 heavy (non-hydrogen) atoms. The molecule has 216 valence electrons. The second-order valence-electron chi connectivity index (χ2n) is 10.5. The van der Waals surface area contributed by atoms with Crippen molar-refractivity contribution in [2.24, 2.45) is 0 Å². The van der Waals surface area contributed by atoms with Crippen molar-refractivity contribution < 1.29 is 23.8 Å². The van der Waals surface area contributed by atoms with Gasteiger partial charge >= 0.3 is 0 Å². The molecule has 0 bridgehead atoms. The molecule has 1 aliphatic rings. The van der Waals surface area contributed by atoms with Crippen molar-refractivity contribution in [1.82, 2.24) is 30.1 Å². The lowest BCUT2D eigenvalue weighted by molar-refractivity contribution is -0.142. The Bertz CT molecular complexity index is 1300. The van der Waals surface area contributed by atoms with Gasteiger partial charge in [0.2, 0.25) is 11.8 Å². The lowest BCUT2D eigenvalue weighted by Gasteiger charge is -2.36. The Hall–Kier alpha value is -3.70. The van der Waals surface area contributed by atoms with Crippen molar-refractivity contribution in [2.45, 2.75) is 45.3 Å². The predicted octanol–water partition coefficient (Wildman–Crippen LogP) is 2.66. The van der Waals surface area contributed by atoms with Crippen molar-refractivity contribution >= 4 is 22.8 Å². The molecule has 2 amide bonds. The molecule has 0 spiro atoms. The van der Waals surface area contributed by atoms with Gasteiger partial charge in [-0.25, -0.2) is 4.68 Å². The lowest BCUT2D eigenvalue weighted by atomic mass is 9.97. The molecular weight excluding hydrogens is 512 g/mol. The molecule has 11 heteroatoms. The number of carbonyl (C=O) groups is 2. The monoisotopic (exact) mass is 552 g/mol. The highest BCUT2D eigenvalue weighted by atomic mass is 16.5. The highest BCUT2D eigenvalue weighted by molar-refractivity contribution is 5.90. The highest BCUT2D eigenvalue weighted by Gasteiger charge is 2.36. The third-order valence-corrected chi connectivity index (χ3v) is 7.43. The Morgan fingerprint density at radius 2 is 1.88 bits per heavy atom. The van der Waals surface area contributed by atoms with Crippen LogP contribution in [0.3, 0.4) is 0 Å². The van der Waals surface area contributed by atoms with Gasteiger partial charge in [0, 0.05) is 43.3 Å². The molecular formula is C29H40N6O5. The van der Waals surface area contributed by atoms with Crippen molar-refractivity contribution in [1.29, 1.82) is 0 Å². The van der Waals surface area contributed by atoms with Crippen LogP contribution in [0.2, 0.25) is 0 Å². The van der Waals surface area contributed by atoms with Gasteiger partial charge < -0.3 is 24.4 Å². The number of morpholine rings is 1. The average Bonchev–Trinajstić information content (AvgIpc) is 3.37. The van der Waals surface area contributed by atoms with Crippen molar-refractivity contribution in [3.8, 4) is 11.5 Å². The summed E-state index contributed by atoms with van der Waals surface area (Å²) >= 11 is 0. The van der Waals surface area contributed by atoms with E-state index < -0.39 is 11.6 Å². The number of carbonyl (C=O) groups excluding carboxylic acids is 2. The third kappa shape index (κ3) is 6.89. The summed E-state index contributed by atoms with van der Waals surface area (Å²) in [5, 5.41) is 11.6. The van der Waals surface area contributed by atoms with Gasteiger partial charge in [-0.3, -0.25) is 14.5 Å². The summed E-state index contributed by atoms with van der Waals surface area (Å²) in [6.45, 7) is 9.60. The minimum atomic E-state index is -0.949. The van der Waals surface area contributed by atoms with E-state index in [1.807, 2.05) is 45.0 Å². The SMILES string of the molecule is CCC(C)(C)NC(=O)[C@H](c1ccc(OC)cc1OC)N(CCN1CCOCC1)C(=O)Cn1nnc2ccccc21. The molecule has 1 fully saturated rings. The van der Waals surface area contributed by atoms with Crippen LogP contribution in [0.1, 0.15) is 38.8 Å². The van der Waals surface area contributed by atoms with Gasteiger partial charge in [-0.1, -0.05) is 24.3 Å². The number of hydrogen-bond acceptors (Lipinski definition) is 8. The molecule has 0 saturated carbocycles.